The van der Waals surface area contributed by atoms with E-state index in [9.17, 15) is 0 Å². The first-order valence-corrected chi connectivity index (χ1v) is 4.06. The van der Waals surface area contributed by atoms with Crippen LogP contribution in [0.25, 0.3) is 6.08 Å². The molecular weight excluding hydrogens is 162 g/mol. The van der Waals surface area contributed by atoms with E-state index in [1.54, 1.807) is 12.1 Å². The molecule has 0 amide bonds. The average molecular weight is 173 g/mol. The van der Waals surface area contributed by atoms with Crippen LogP contribution in [-0.2, 0) is 0 Å². The van der Waals surface area contributed by atoms with E-state index >= 15 is 0 Å². The van der Waals surface area contributed by atoms with Gasteiger partial charge in [-0.25, -0.2) is 0 Å². The van der Waals surface area contributed by atoms with Gasteiger partial charge in [0.2, 0.25) is 0 Å². The molecule has 1 rings (SSSR count). The fourth-order valence-electron chi connectivity index (χ4n) is 1.07. The van der Waals surface area contributed by atoms with Crippen molar-refractivity contribution in [3.05, 3.63) is 41.0 Å². The maximum Gasteiger partial charge on any atom is 0.0991 e. The highest BCUT2D eigenvalue weighted by molar-refractivity contribution is 5.56. The van der Waals surface area contributed by atoms with Crippen LogP contribution in [0.5, 0.6) is 0 Å². The number of hydrogen-bond donors (Lipinski definition) is 1. The molecule has 0 saturated heterocycles. The lowest BCUT2D eigenvalue weighted by Crippen LogP contribution is -1.83. The van der Waals surface area contributed by atoms with Crippen molar-refractivity contribution in [1.82, 2.24) is 0 Å². The zero-order chi connectivity index (χ0) is 9.68. The standard InChI is InChI=1S/C11H11NO/c1-9-4-5-10(8-12)7-11(9)3-2-6-13/h2-5,7,13H,6H2,1H3/b3-2+. The number of aryl methyl sites for hydroxylation is 1. The number of nitrogens with zero attached hydrogens (tertiary/aromatic N) is 1. The summed E-state index contributed by atoms with van der Waals surface area (Å²) in [5.41, 5.74) is 2.72. The molecule has 0 aromatic heterocycles. The highest BCUT2D eigenvalue weighted by Crippen LogP contribution is 2.12. The van der Waals surface area contributed by atoms with Crippen LogP contribution in [0.15, 0.2) is 24.3 Å². The van der Waals surface area contributed by atoms with E-state index in [2.05, 4.69) is 6.07 Å². The predicted molar refractivity (Wildman–Crippen MR) is 52.0 cm³/mol. The Bertz CT molecular complexity index is 361. The van der Waals surface area contributed by atoms with E-state index in [4.69, 9.17) is 10.4 Å². The fraction of sp³-hybridized carbons (Fsp3) is 0.182. The number of aliphatic hydroxyl groups is 1. The van der Waals surface area contributed by atoms with Gasteiger partial charge in [0, 0.05) is 0 Å². The number of aliphatic hydroxyl groups excluding tert-OH is 1. The molecule has 0 bridgehead atoms. The third kappa shape index (κ3) is 2.43. The second-order valence-corrected chi connectivity index (χ2v) is 2.77. The number of nitriles is 1. The molecule has 0 spiro atoms. The van der Waals surface area contributed by atoms with Gasteiger partial charge in [0.1, 0.15) is 0 Å². The van der Waals surface area contributed by atoms with Gasteiger partial charge in [-0.3, -0.25) is 0 Å². The Balaban J connectivity index is 3.06. The Morgan fingerprint density at radius 1 is 1.54 bits per heavy atom. The second kappa shape index (κ2) is 4.44. The Morgan fingerprint density at radius 3 is 2.92 bits per heavy atom. The van der Waals surface area contributed by atoms with Crippen LogP contribution in [0.1, 0.15) is 16.7 Å². The van der Waals surface area contributed by atoms with E-state index in [0.29, 0.717) is 5.56 Å². The van der Waals surface area contributed by atoms with Gasteiger partial charge in [0.25, 0.3) is 0 Å². The summed E-state index contributed by atoms with van der Waals surface area (Å²) in [6, 6.07) is 7.56. The monoisotopic (exact) mass is 173 g/mol. The summed E-state index contributed by atoms with van der Waals surface area (Å²) in [6.07, 6.45) is 3.47. The Kier molecular flexibility index (Phi) is 3.24. The zero-order valence-electron chi connectivity index (χ0n) is 7.49. The molecule has 1 aromatic rings. The molecule has 0 aliphatic heterocycles. The summed E-state index contributed by atoms with van der Waals surface area (Å²) in [5, 5.41) is 17.2. The molecule has 0 radical (unpaired) electrons. The van der Waals surface area contributed by atoms with Gasteiger partial charge >= 0.3 is 0 Å². The van der Waals surface area contributed by atoms with Crippen molar-refractivity contribution < 1.29 is 5.11 Å². The average Bonchev–Trinajstić information content (AvgIpc) is 2.17. The van der Waals surface area contributed by atoms with Crippen LogP contribution >= 0.6 is 0 Å². The third-order valence-corrected chi connectivity index (χ3v) is 1.81. The summed E-state index contributed by atoms with van der Waals surface area (Å²) in [6.45, 7) is 1.99. The minimum absolute atomic E-state index is 0.0240. The van der Waals surface area contributed by atoms with Crippen molar-refractivity contribution in [2.24, 2.45) is 0 Å². The van der Waals surface area contributed by atoms with Gasteiger partial charge in [0.15, 0.2) is 0 Å². The summed E-state index contributed by atoms with van der Waals surface area (Å²) in [4.78, 5) is 0. The minimum atomic E-state index is 0.0240. The molecule has 0 aliphatic carbocycles. The smallest absolute Gasteiger partial charge is 0.0991 e. The van der Waals surface area contributed by atoms with Crippen molar-refractivity contribution in [3.8, 4) is 6.07 Å². The van der Waals surface area contributed by atoms with Crippen molar-refractivity contribution in [3.63, 3.8) is 0 Å². The van der Waals surface area contributed by atoms with Crippen LogP contribution in [-0.4, -0.2) is 11.7 Å². The number of benzene rings is 1. The molecule has 0 atom stereocenters. The third-order valence-electron chi connectivity index (χ3n) is 1.81. The summed E-state index contributed by atoms with van der Waals surface area (Å²) in [7, 11) is 0. The lowest BCUT2D eigenvalue weighted by atomic mass is 10.1. The zero-order valence-corrected chi connectivity index (χ0v) is 7.49. The van der Waals surface area contributed by atoms with Gasteiger partial charge < -0.3 is 5.11 Å². The summed E-state index contributed by atoms with van der Waals surface area (Å²) < 4.78 is 0. The summed E-state index contributed by atoms with van der Waals surface area (Å²) in [5.74, 6) is 0. The van der Waals surface area contributed by atoms with Crippen LogP contribution in [0.4, 0.5) is 0 Å². The Morgan fingerprint density at radius 2 is 2.31 bits per heavy atom. The van der Waals surface area contributed by atoms with Crippen LogP contribution in [0.2, 0.25) is 0 Å². The van der Waals surface area contributed by atoms with Gasteiger partial charge in [0.05, 0.1) is 18.2 Å². The van der Waals surface area contributed by atoms with Crippen LogP contribution < -0.4 is 0 Å². The van der Waals surface area contributed by atoms with Gasteiger partial charge in [-0.2, -0.15) is 5.26 Å². The molecule has 66 valence electrons. The first-order chi connectivity index (χ1) is 6.27. The van der Waals surface area contributed by atoms with Gasteiger partial charge in [-0.15, -0.1) is 0 Å². The van der Waals surface area contributed by atoms with Gasteiger partial charge in [-0.05, 0) is 30.2 Å². The molecular formula is C11H11NO. The van der Waals surface area contributed by atoms with Crippen molar-refractivity contribution in [2.75, 3.05) is 6.61 Å². The summed E-state index contributed by atoms with van der Waals surface area (Å²) >= 11 is 0. The van der Waals surface area contributed by atoms with Gasteiger partial charge in [-0.1, -0.05) is 18.2 Å². The van der Waals surface area contributed by atoms with E-state index in [1.807, 2.05) is 25.1 Å². The topological polar surface area (TPSA) is 44.0 Å². The molecule has 2 nitrogen and oxygen atoms in total. The molecule has 0 fully saturated rings. The highest BCUT2D eigenvalue weighted by Gasteiger charge is 1.95. The molecule has 0 heterocycles. The maximum absolute atomic E-state index is 8.65. The molecule has 1 N–H and O–H groups in total. The van der Waals surface area contributed by atoms with E-state index in [-0.39, 0.29) is 6.61 Å². The number of hydrogen-bond acceptors (Lipinski definition) is 2. The highest BCUT2D eigenvalue weighted by atomic mass is 16.2. The van der Waals surface area contributed by atoms with Crippen molar-refractivity contribution >= 4 is 6.08 Å². The first kappa shape index (κ1) is 9.50. The molecule has 0 aliphatic rings. The van der Waals surface area contributed by atoms with Crippen LogP contribution in [0.3, 0.4) is 0 Å². The van der Waals surface area contributed by atoms with E-state index < -0.39 is 0 Å². The van der Waals surface area contributed by atoms with Crippen LogP contribution in [0, 0.1) is 18.3 Å². The Labute approximate surface area is 77.8 Å². The SMILES string of the molecule is Cc1ccc(C#N)cc1/C=C/CO. The fourth-order valence-corrected chi connectivity index (χ4v) is 1.07. The quantitative estimate of drug-likeness (QED) is 0.742. The van der Waals surface area contributed by atoms with Crippen molar-refractivity contribution in [1.29, 1.82) is 5.26 Å². The largest absolute Gasteiger partial charge is 0.392 e. The van der Waals surface area contributed by atoms with E-state index in [1.165, 1.54) is 0 Å². The van der Waals surface area contributed by atoms with E-state index in [0.717, 1.165) is 11.1 Å². The number of rotatable bonds is 2. The minimum Gasteiger partial charge on any atom is -0.392 e. The lowest BCUT2D eigenvalue weighted by molar-refractivity contribution is 0.343. The Hall–Kier alpha value is -1.59. The molecule has 0 saturated carbocycles. The normalized spacial score (nSPS) is 10.2. The maximum atomic E-state index is 8.65. The second-order valence-electron chi connectivity index (χ2n) is 2.77. The first-order valence-electron chi connectivity index (χ1n) is 4.06. The van der Waals surface area contributed by atoms with Crippen molar-refractivity contribution in [2.45, 2.75) is 6.92 Å². The predicted octanol–water partition coefficient (Wildman–Crippen LogP) is 1.87. The molecule has 1 aromatic carbocycles. The molecule has 13 heavy (non-hydrogen) atoms. The lowest BCUT2D eigenvalue weighted by Gasteiger charge is -1.99. The molecule has 0 unspecified atom stereocenters. The molecule has 2 heteroatoms.